The highest BCUT2D eigenvalue weighted by atomic mass is 35.5. The standard InChI is InChI=1S/C20H22ClFN2O2/c1-13(2)12-23-20(26)16-9-8-15(11-17(16)21)24-19(25)10-7-14-5-3-4-6-18(14)22/h3-6,8-9,11,13H,7,10,12H2,1-2H3,(H,23,26)(H,24,25). The van der Waals surface area contributed by atoms with Crippen molar-refractivity contribution in [3.8, 4) is 0 Å². The molecule has 0 fully saturated rings. The minimum atomic E-state index is -0.319. The molecule has 2 amide bonds. The van der Waals surface area contributed by atoms with Crippen molar-refractivity contribution in [1.82, 2.24) is 5.32 Å². The van der Waals surface area contributed by atoms with E-state index in [-0.39, 0.29) is 29.1 Å². The summed E-state index contributed by atoms with van der Waals surface area (Å²) in [5.74, 6) is -0.478. The average Bonchev–Trinajstić information content (AvgIpc) is 2.59. The Morgan fingerprint density at radius 1 is 1.15 bits per heavy atom. The first kappa shape index (κ1) is 19.9. The van der Waals surface area contributed by atoms with E-state index in [1.165, 1.54) is 12.1 Å². The van der Waals surface area contributed by atoms with Crippen molar-refractivity contribution in [2.45, 2.75) is 26.7 Å². The van der Waals surface area contributed by atoms with Gasteiger partial charge in [0.05, 0.1) is 10.6 Å². The maximum absolute atomic E-state index is 13.6. The first-order valence-corrected chi connectivity index (χ1v) is 8.85. The van der Waals surface area contributed by atoms with E-state index in [0.29, 0.717) is 35.7 Å². The maximum Gasteiger partial charge on any atom is 0.252 e. The van der Waals surface area contributed by atoms with E-state index in [2.05, 4.69) is 10.6 Å². The third kappa shape index (κ3) is 5.85. The Morgan fingerprint density at radius 2 is 1.88 bits per heavy atom. The van der Waals surface area contributed by atoms with Crippen molar-refractivity contribution >= 4 is 29.1 Å². The normalized spacial score (nSPS) is 10.7. The average molecular weight is 377 g/mol. The van der Waals surface area contributed by atoms with E-state index in [4.69, 9.17) is 11.6 Å². The van der Waals surface area contributed by atoms with Gasteiger partial charge in [0, 0.05) is 18.7 Å². The van der Waals surface area contributed by atoms with Crippen LogP contribution in [-0.2, 0) is 11.2 Å². The number of hydrogen-bond acceptors (Lipinski definition) is 2. The molecule has 0 saturated carbocycles. The zero-order chi connectivity index (χ0) is 19.1. The lowest BCUT2D eigenvalue weighted by Crippen LogP contribution is -2.27. The molecule has 0 saturated heterocycles. The fourth-order valence-corrected chi connectivity index (χ4v) is 2.61. The van der Waals surface area contributed by atoms with Crippen LogP contribution in [0.5, 0.6) is 0 Å². The minimum Gasteiger partial charge on any atom is -0.352 e. The van der Waals surface area contributed by atoms with Crippen LogP contribution in [0.25, 0.3) is 0 Å². The second-order valence-electron chi connectivity index (χ2n) is 6.44. The van der Waals surface area contributed by atoms with Crippen LogP contribution in [0.2, 0.25) is 5.02 Å². The Hall–Kier alpha value is -2.40. The van der Waals surface area contributed by atoms with Gasteiger partial charge in [-0.25, -0.2) is 4.39 Å². The van der Waals surface area contributed by atoms with E-state index in [1.54, 1.807) is 30.3 Å². The van der Waals surface area contributed by atoms with Gasteiger partial charge in [0.25, 0.3) is 5.91 Å². The lowest BCUT2D eigenvalue weighted by molar-refractivity contribution is -0.116. The Labute approximate surface area is 157 Å². The number of aryl methyl sites for hydroxylation is 1. The van der Waals surface area contributed by atoms with Crippen LogP contribution in [0.15, 0.2) is 42.5 Å². The van der Waals surface area contributed by atoms with Crippen molar-refractivity contribution in [3.05, 3.63) is 64.4 Å². The lowest BCUT2D eigenvalue weighted by atomic mass is 10.1. The highest BCUT2D eigenvalue weighted by molar-refractivity contribution is 6.34. The van der Waals surface area contributed by atoms with Crippen LogP contribution in [0.1, 0.15) is 36.2 Å². The topological polar surface area (TPSA) is 58.2 Å². The van der Waals surface area contributed by atoms with Gasteiger partial charge in [-0.2, -0.15) is 0 Å². The number of halogens is 2. The van der Waals surface area contributed by atoms with Crippen LogP contribution in [-0.4, -0.2) is 18.4 Å². The number of nitrogens with one attached hydrogen (secondary N) is 2. The molecular weight excluding hydrogens is 355 g/mol. The molecule has 0 unspecified atom stereocenters. The van der Waals surface area contributed by atoms with Gasteiger partial charge in [0.15, 0.2) is 0 Å². The Bertz CT molecular complexity index is 793. The van der Waals surface area contributed by atoms with E-state index < -0.39 is 0 Å². The third-order valence-electron chi connectivity index (χ3n) is 3.75. The summed E-state index contributed by atoms with van der Waals surface area (Å²) < 4.78 is 13.6. The van der Waals surface area contributed by atoms with Gasteiger partial charge >= 0.3 is 0 Å². The van der Waals surface area contributed by atoms with E-state index in [0.717, 1.165) is 0 Å². The molecule has 0 heterocycles. The lowest BCUT2D eigenvalue weighted by Gasteiger charge is -2.11. The highest BCUT2D eigenvalue weighted by Gasteiger charge is 2.12. The van der Waals surface area contributed by atoms with Crippen LogP contribution in [0.3, 0.4) is 0 Å². The fraction of sp³-hybridized carbons (Fsp3) is 0.300. The Kier molecular flexibility index (Phi) is 7.16. The molecule has 0 aliphatic rings. The Morgan fingerprint density at radius 3 is 2.54 bits per heavy atom. The summed E-state index contributed by atoms with van der Waals surface area (Å²) in [5.41, 5.74) is 1.35. The molecule has 0 aliphatic heterocycles. The predicted molar refractivity (Wildman–Crippen MR) is 102 cm³/mol. The van der Waals surface area contributed by atoms with Crippen molar-refractivity contribution in [3.63, 3.8) is 0 Å². The number of amides is 2. The molecule has 0 aliphatic carbocycles. The van der Waals surface area contributed by atoms with Crippen molar-refractivity contribution in [1.29, 1.82) is 0 Å². The molecule has 0 radical (unpaired) electrons. The first-order valence-electron chi connectivity index (χ1n) is 8.48. The van der Waals surface area contributed by atoms with Gasteiger partial charge in [-0.15, -0.1) is 0 Å². The molecule has 26 heavy (non-hydrogen) atoms. The summed E-state index contributed by atoms with van der Waals surface area (Å²) in [7, 11) is 0. The second-order valence-corrected chi connectivity index (χ2v) is 6.85. The number of carbonyl (C=O) groups excluding carboxylic acids is 2. The van der Waals surface area contributed by atoms with Crippen LogP contribution in [0.4, 0.5) is 10.1 Å². The van der Waals surface area contributed by atoms with Gasteiger partial charge < -0.3 is 10.6 Å². The molecule has 2 rings (SSSR count). The highest BCUT2D eigenvalue weighted by Crippen LogP contribution is 2.21. The zero-order valence-electron chi connectivity index (χ0n) is 14.8. The predicted octanol–water partition coefficient (Wildman–Crippen LogP) is 4.44. The molecule has 2 aromatic rings. The summed E-state index contributed by atoms with van der Waals surface area (Å²) in [5, 5.41) is 5.77. The number of rotatable bonds is 7. The van der Waals surface area contributed by atoms with Crippen LogP contribution >= 0.6 is 11.6 Å². The summed E-state index contributed by atoms with van der Waals surface area (Å²) in [6, 6.07) is 11.1. The third-order valence-corrected chi connectivity index (χ3v) is 4.06. The van der Waals surface area contributed by atoms with E-state index >= 15 is 0 Å². The summed E-state index contributed by atoms with van der Waals surface area (Å²) in [6.07, 6.45) is 0.455. The quantitative estimate of drug-likeness (QED) is 0.750. The molecule has 138 valence electrons. The smallest absolute Gasteiger partial charge is 0.252 e. The SMILES string of the molecule is CC(C)CNC(=O)c1ccc(NC(=O)CCc2ccccc2F)cc1Cl. The number of benzene rings is 2. The molecule has 0 atom stereocenters. The molecule has 2 aromatic carbocycles. The maximum atomic E-state index is 13.6. The summed E-state index contributed by atoms with van der Waals surface area (Å²) >= 11 is 6.16. The molecule has 6 heteroatoms. The monoisotopic (exact) mass is 376 g/mol. The largest absolute Gasteiger partial charge is 0.352 e. The van der Waals surface area contributed by atoms with Crippen molar-refractivity contribution < 1.29 is 14.0 Å². The second kappa shape index (κ2) is 9.34. The van der Waals surface area contributed by atoms with E-state index in [9.17, 15) is 14.0 Å². The van der Waals surface area contributed by atoms with Gasteiger partial charge in [0.1, 0.15) is 5.82 Å². The van der Waals surface area contributed by atoms with Crippen LogP contribution < -0.4 is 10.6 Å². The fourth-order valence-electron chi connectivity index (χ4n) is 2.34. The number of anilines is 1. The summed E-state index contributed by atoms with van der Waals surface area (Å²) in [4.78, 5) is 24.1. The molecule has 0 aromatic heterocycles. The van der Waals surface area contributed by atoms with Crippen LogP contribution in [0, 0.1) is 11.7 Å². The number of hydrogen-bond donors (Lipinski definition) is 2. The van der Waals surface area contributed by atoms with E-state index in [1.807, 2.05) is 13.8 Å². The van der Waals surface area contributed by atoms with Gasteiger partial charge in [-0.05, 0) is 42.2 Å². The first-order chi connectivity index (χ1) is 12.4. The molecule has 2 N–H and O–H groups in total. The number of carbonyl (C=O) groups is 2. The minimum absolute atomic E-state index is 0.148. The molecule has 4 nitrogen and oxygen atoms in total. The molecule has 0 bridgehead atoms. The summed E-state index contributed by atoms with van der Waals surface area (Å²) in [6.45, 7) is 4.56. The van der Waals surface area contributed by atoms with Gasteiger partial charge in [-0.3, -0.25) is 9.59 Å². The van der Waals surface area contributed by atoms with Gasteiger partial charge in [-0.1, -0.05) is 43.6 Å². The van der Waals surface area contributed by atoms with Crippen molar-refractivity contribution in [2.24, 2.45) is 5.92 Å². The molecular formula is C20H22ClFN2O2. The zero-order valence-corrected chi connectivity index (χ0v) is 15.6. The molecule has 0 spiro atoms. The van der Waals surface area contributed by atoms with Gasteiger partial charge in [0.2, 0.25) is 5.91 Å². The Balaban J connectivity index is 1.93. The van der Waals surface area contributed by atoms with Crippen molar-refractivity contribution in [2.75, 3.05) is 11.9 Å².